The lowest BCUT2D eigenvalue weighted by atomic mass is 10.0. The predicted octanol–water partition coefficient (Wildman–Crippen LogP) is 4.56. The van der Waals surface area contributed by atoms with Crippen LogP contribution < -0.4 is 14.8 Å². The van der Waals surface area contributed by atoms with E-state index < -0.39 is 0 Å². The number of aromatic nitrogens is 1. The van der Waals surface area contributed by atoms with Crippen LogP contribution in [0.5, 0.6) is 11.5 Å². The standard InChI is InChI=1S/C24H18N2O3/c27-24(25-14-16-10-11-22-23(12-16)29-15-28-22)19-13-21(17-6-2-1-3-7-17)26-20-9-5-4-8-18(19)20/h1-13H,14-15H2,(H,25,27). The van der Waals surface area contributed by atoms with Crippen LogP contribution in [0, 0.1) is 0 Å². The van der Waals surface area contributed by atoms with Crippen LogP contribution in [0.25, 0.3) is 22.2 Å². The lowest BCUT2D eigenvalue weighted by Gasteiger charge is -2.11. The van der Waals surface area contributed by atoms with Crippen molar-refractivity contribution >= 4 is 16.8 Å². The first kappa shape index (κ1) is 17.3. The summed E-state index contributed by atoms with van der Waals surface area (Å²) in [5.41, 5.74) is 4.10. The fourth-order valence-electron chi connectivity index (χ4n) is 3.45. The molecule has 1 aliphatic heterocycles. The molecule has 0 bridgehead atoms. The van der Waals surface area contributed by atoms with Crippen molar-refractivity contribution < 1.29 is 14.3 Å². The van der Waals surface area contributed by atoms with E-state index in [-0.39, 0.29) is 12.7 Å². The zero-order chi connectivity index (χ0) is 19.6. The quantitative estimate of drug-likeness (QED) is 0.562. The van der Waals surface area contributed by atoms with Crippen molar-refractivity contribution in [3.8, 4) is 22.8 Å². The second-order valence-corrected chi connectivity index (χ2v) is 6.81. The Balaban J connectivity index is 1.46. The number of carbonyl (C=O) groups excluding carboxylic acids is 1. The molecule has 3 aromatic carbocycles. The molecule has 1 N–H and O–H groups in total. The van der Waals surface area contributed by atoms with Gasteiger partial charge in [-0.25, -0.2) is 4.98 Å². The maximum Gasteiger partial charge on any atom is 0.252 e. The smallest absolute Gasteiger partial charge is 0.252 e. The van der Waals surface area contributed by atoms with Gasteiger partial charge >= 0.3 is 0 Å². The van der Waals surface area contributed by atoms with E-state index in [0.717, 1.165) is 33.5 Å². The van der Waals surface area contributed by atoms with E-state index in [1.165, 1.54) is 0 Å². The zero-order valence-corrected chi connectivity index (χ0v) is 15.6. The maximum absolute atomic E-state index is 13.1. The molecule has 0 fully saturated rings. The molecule has 0 radical (unpaired) electrons. The topological polar surface area (TPSA) is 60.5 Å². The summed E-state index contributed by atoms with van der Waals surface area (Å²) in [6.07, 6.45) is 0. The first-order valence-corrected chi connectivity index (χ1v) is 9.40. The Bertz CT molecular complexity index is 1210. The van der Waals surface area contributed by atoms with Gasteiger partial charge in [0.2, 0.25) is 6.79 Å². The molecule has 0 aliphatic carbocycles. The predicted molar refractivity (Wildman–Crippen MR) is 111 cm³/mol. The molecule has 0 unspecified atom stereocenters. The number of nitrogens with one attached hydrogen (secondary N) is 1. The number of hydrogen-bond acceptors (Lipinski definition) is 4. The van der Waals surface area contributed by atoms with Gasteiger partial charge in [-0.2, -0.15) is 0 Å². The Morgan fingerprint density at radius 3 is 2.59 bits per heavy atom. The first-order valence-electron chi connectivity index (χ1n) is 9.40. The Morgan fingerprint density at radius 1 is 0.897 bits per heavy atom. The number of nitrogens with zero attached hydrogens (tertiary/aromatic N) is 1. The lowest BCUT2D eigenvalue weighted by molar-refractivity contribution is 0.0952. The molecule has 29 heavy (non-hydrogen) atoms. The highest BCUT2D eigenvalue weighted by atomic mass is 16.7. The van der Waals surface area contributed by atoms with Gasteiger partial charge in [0.05, 0.1) is 16.8 Å². The van der Waals surface area contributed by atoms with Crippen LogP contribution in [0.15, 0.2) is 78.9 Å². The third-order valence-corrected chi connectivity index (χ3v) is 4.92. The Hall–Kier alpha value is -3.86. The minimum atomic E-state index is -0.140. The summed E-state index contributed by atoms with van der Waals surface area (Å²) in [5, 5.41) is 3.84. The molecular formula is C24H18N2O3. The van der Waals surface area contributed by atoms with Crippen LogP contribution in [-0.2, 0) is 6.54 Å². The average molecular weight is 382 g/mol. The van der Waals surface area contributed by atoms with Crippen molar-refractivity contribution in [1.29, 1.82) is 0 Å². The SMILES string of the molecule is O=C(NCc1ccc2c(c1)OCO2)c1cc(-c2ccccc2)nc2ccccc12. The van der Waals surface area contributed by atoms with Crippen LogP contribution >= 0.6 is 0 Å². The number of hydrogen-bond donors (Lipinski definition) is 1. The van der Waals surface area contributed by atoms with E-state index in [2.05, 4.69) is 5.32 Å². The molecule has 5 nitrogen and oxygen atoms in total. The van der Waals surface area contributed by atoms with Crippen molar-refractivity contribution in [3.63, 3.8) is 0 Å². The van der Waals surface area contributed by atoms with Crippen LogP contribution in [0.1, 0.15) is 15.9 Å². The van der Waals surface area contributed by atoms with Gasteiger partial charge in [-0.15, -0.1) is 0 Å². The summed E-state index contributed by atoms with van der Waals surface area (Å²) < 4.78 is 10.7. The molecule has 5 rings (SSSR count). The number of ether oxygens (including phenoxy) is 2. The third kappa shape index (κ3) is 3.38. The summed E-state index contributed by atoms with van der Waals surface area (Å²) in [6.45, 7) is 0.628. The number of pyridine rings is 1. The Labute approximate surface area is 167 Å². The number of carbonyl (C=O) groups is 1. The molecule has 2 heterocycles. The van der Waals surface area contributed by atoms with Crippen molar-refractivity contribution in [2.24, 2.45) is 0 Å². The van der Waals surface area contributed by atoms with E-state index in [0.29, 0.717) is 17.9 Å². The van der Waals surface area contributed by atoms with E-state index in [4.69, 9.17) is 14.5 Å². The number of amides is 1. The molecule has 142 valence electrons. The van der Waals surface area contributed by atoms with E-state index in [1.54, 1.807) is 0 Å². The Kier molecular flexibility index (Phi) is 4.33. The van der Waals surface area contributed by atoms with Crippen molar-refractivity contribution in [2.75, 3.05) is 6.79 Å². The molecule has 1 aromatic heterocycles. The maximum atomic E-state index is 13.1. The summed E-state index contributed by atoms with van der Waals surface area (Å²) in [6, 6.07) is 25.1. The largest absolute Gasteiger partial charge is 0.454 e. The zero-order valence-electron chi connectivity index (χ0n) is 15.6. The third-order valence-electron chi connectivity index (χ3n) is 4.92. The average Bonchev–Trinajstić information content (AvgIpc) is 3.25. The summed E-state index contributed by atoms with van der Waals surface area (Å²) in [7, 11) is 0. The minimum absolute atomic E-state index is 0.140. The monoisotopic (exact) mass is 382 g/mol. The fourth-order valence-corrected chi connectivity index (χ4v) is 3.45. The van der Waals surface area contributed by atoms with E-state index in [9.17, 15) is 4.79 Å². The summed E-state index contributed by atoms with van der Waals surface area (Å²) >= 11 is 0. The molecule has 4 aromatic rings. The molecule has 1 amide bonds. The van der Waals surface area contributed by atoms with Crippen molar-refractivity contribution in [3.05, 3.63) is 90.0 Å². The molecule has 5 heteroatoms. The van der Waals surface area contributed by atoms with Crippen molar-refractivity contribution in [2.45, 2.75) is 6.54 Å². The minimum Gasteiger partial charge on any atom is -0.454 e. The Morgan fingerprint density at radius 2 is 1.69 bits per heavy atom. The van der Waals surface area contributed by atoms with Crippen molar-refractivity contribution in [1.82, 2.24) is 10.3 Å². The molecule has 0 atom stereocenters. The summed E-state index contributed by atoms with van der Waals surface area (Å²) in [5.74, 6) is 1.30. The van der Waals surface area contributed by atoms with Crippen LogP contribution in [0.3, 0.4) is 0 Å². The molecule has 0 saturated heterocycles. The van der Waals surface area contributed by atoms with Gasteiger partial charge in [-0.05, 0) is 29.8 Å². The van der Waals surface area contributed by atoms with Gasteiger partial charge < -0.3 is 14.8 Å². The molecule has 0 saturated carbocycles. The van der Waals surface area contributed by atoms with E-state index in [1.807, 2.05) is 78.9 Å². The van der Waals surface area contributed by atoms with Crippen LogP contribution in [0.2, 0.25) is 0 Å². The number of benzene rings is 3. The number of para-hydroxylation sites is 1. The highest BCUT2D eigenvalue weighted by Crippen LogP contribution is 2.32. The summed E-state index contributed by atoms with van der Waals surface area (Å²) in [4.78, 5) is 17.8. The molecule has 1 aliphatic rings. The highest BCUT2D eigenvalue weighted by molar-refractivity contribution is 6.07. The second-order valence-electron chi connectivity index (χ2n) is 6.81. The van der Waals surface area contributed by atoms with Gasteiger partial charge in [0.25, 0.3) is 5.91 Å². The number of fused-ring (bicyclic) bond motifs is 2. The van der Waals surface area contributed by atoms with Gasteiger partial charge in [0.1, 0.15) is 0 Å². The highest BCUT2D eigenvalue weighted by Gasteiger charge is 2.16. The van der Waals surface area contributed by atoms with Gasteiger partial charge in [-0.1, -0.05) is 54.6 Å². The number of rotatable bonds is 4. The lowest BCUT2D eigenvalue weighted by Crippen LogP contribution is -2.23. The normalized spacial score (nSPS) is 12.1. The van der Waals surface area contributed by atoms with Crippen LogP contribution in [0.4, 0.5) is 0 Å². The second kappa shape index (κ2) is 7.28. The molecule has 0 spiro atoms. The van der Waals surface area contributed by atoms with Gasteiger partial charge in [-0.3, -0.25) is 4.79 Å². The van der Waals surface area contributed by atoms with Gasteiger partial charge in [0, 0.05) is 17.5 Å². The van der Waals surface area contributed by atoms with Gasteiger partial charge in [0.15, 0.2) is 11.5 Å². The van der Waals surface area contributed by atoms with Crippen LogP contribution in [-0.4, -0.2) is 17.7 Å². The first-order chi connectivity index (χ1) is 14.3. The fraction of sp³-hybridized carbons (Fsp3) is 0.0833. The molecular weight excluding hydrogens is 364 g/mol. The van der Waals surface area contributed by atoms with E-state index >= 15 is 0 Å².